The number of urea groups is 1. The van der Waals surface area contributed by atoms with Gasteiger partial charge in [-0.15, -0.1) is 0 Å². The van der Waals surface area contributed by atoms with Crippen molar-refractivity contribution < 1.29 is 14.3 Å². The van der Waals surface area contributed by atoms with Gasteiger partial charge in [-0.05, 0) is 18.2 Å². The Balaban J connectivity index is 1.99. The van der Waals surface area contributed by atoms with E-state index in [1.807, 2.05) is 0 Å². The summed E-state index contributed by atoms with van der Waals surface area (Å²) in [6.45, 7) is 1.31. The zero-order valence-corrected chi connectivity index (χ0v) is 10.7. The van der Waals surface area contributed by atoms with E-state index in [1.54, 1.807) is 24.3 Å². The van der Waals surface area contributed by atoms with Crippen molar-refractivity contribution in [2.24, 2.45) is 0 Å². The largest absolute Gasteiger partial charge is 0.427 e. The van der Waals surface area contributed by atoms with E-state index in [1.165, 1.54) is 25.4 Å². The Morgan fingerprint density at radius 2 is 1.85 bits per heavy atom. The average Bonchev–Trinajstić information content (AvgIpc) is 2.39. The molecule has 1 heterocycles. The minimum atomic E-state index is -0.490. The summed E-state index contributed by atoms with van der Waals surface area (Å²) in [6, 6.07) is 7.63. The van der Waals surface area contributed by atoms with Crippen LogP contribution in [0.3, 0.4) is 0 Å². The number of benzene rings is 1. The van der Waals surface area contributed by atoms with Crippen molar-refractivity contribution >= 4 is 23.6 Å². The van der Waals surface area contributed by atoms with E-state index in [0.29, 0.717) is 11.4 Å². The molecule has 0 saturated heterocycles. The second kappa shape index (κ2) is 6.28. The van der Waals surface area contributed by atoms with Crippen molar-refractivity contribution in [2.45, 2.75) is 6.92 Å². The van der Waals surface area contributed by atoms with Crippen LogP contribution in [0.5, 0.6) is 5.75 Å². The summed E-state index contributed by atoms with van der Waals surface area (Å²) in [4.78, 5) is 30.3. The maximum absolute atomic E-state index is 11.7. The molecule has 0 aliphatic heterocycles. The Hall–Kier alpha value is -2.96. The molecule has 2 N–H and O–H groups in total. The highest BCUT2D eigenvalue weighted by Crippen LogP contribution is 2.17. The number of hydrogen-bond acceptors (Lipinski definition) is 5. The number of rotatable bonds is 3. The highest BCUT2D eigenvalue weighted by Gasteiger charge is 2.05. The van der Waals surface area contributed by atoms with Crippen LogP contribution < -0.4 is 15.4 Å². The molecule has 0 saturated carbocycles. The van der Waals surface area contributed by atoms with Gasteiger partial charge in [0, 0.05) is 31.1 Å². The van der Waals surface area contributed by atoms with Crippen molar-refractivity contribution in [2.75, 3.05) is 10.6 Å². The number of carbonyl (C=O) groups is 2. The van der Waals surface area contributed by atoms with E-state index in [2.05, 4.69) is 20.6 Å². The zero-order chi connectivity index (χ0) is 14.4. The summed E-state index contributed by atoms with van der Waals surface area (Å²) in [6.07, 6.45) is 3.04. The van der Waals surface area contributed by atoms with E-state index in [9.17, 15) is 9.59 Å². The van der Waals surface area contributed by atoms with Crippen LogP contribution in [-0.4, -0.2) is 22.0 Å². The third-order valence-electron chi connectivity index (χ3n) is 2.14. The number of hydrogen-bond donors (Lipinski definition) is 2. The van der Waals surface area contributed by atoms with Gasteiger partial charge in [0.25, 0.3) is 0 Å². The highest BCUT2D eigenvalue weighted by molar-refractivity contribution is 5.98. The van der Waals surface area contributed by atoms with Gasteiger partial charge >= 0.3 is 12.0 Å². The van der Waals surface area contributed by atoms with Crippen molar-refractivity contribution in [3.8, 4) is 5.75 Å². The Kier molecular flexibility index (Phi) is 4.23. The molecule has 0 aliphatic carbocycles. The van der Waals surface area contributed by atoms with Gasteiger partial charge in [0.05, 0.1) is 0 Å². The molecule has 0 unspecified atom stereocenters. The van der Waals surface area contributed by atoms with Crippen LogP contribution in [0.15, 0.2) is 42.7 Å². The number of aromatic nitrogens is 2. The lowest BCUT2D eigenvalue weighted by molar-refractivity contribution is -0.131. The minimum Gasteiger partial charge on any atom is -0.427 e. The fourth-order valence-corrected chi connectivity index (χ4v) is 1.43. The Labute approximate surface area is 115 Å². The molecule has 7 heteroatoms. The predicted molar refractivity (Wildman–Crippen MR) is 72.4 cm³/mol. The first-order chi connectivity index (χ1) is 9.63. The maximum atomic E-state index is 11.7. The molecule has 102 valence electrons. The van der Waals surface area contributed by atoms with Gasteiger partial charge in [-0.3, -0.25) is 10.1 Å². The lowest BCUT2D eigenvalue weighted by Gasteiger charge is -2.07. The van der Waals surface area contributed by atoms with Gasteiger partial charge in [0.1, 0.15) is 5.75 Å². The lowest BCUT2D eigenvalue weighted by atomic mass is 10.3. The quantitative estimate of drug-likeness (QED) is 0.658. The summed E-state index contributed by atoms with van der Waals surface area (Å²) in [7, 11) is 0. The normalized spacial score (nSPS) is 9.65. The molecule has 1 aromatic heterocycles. The molecular weight excluding hydrogens is 260 g/mol. The maximum Gasteiger partial charge on any atom is 0.326 e. The van der Waals surface area contributed by atoms with E-state index in [4.69, 9.17) is 4.74 Å². The number of esters is 1. The molecule has 2 amide bonds. The summed E-state index contributed by atoms with van der Waals surface area (Å²) in [5.74, 6) is 0.122. The SMILES string of the molecule is CC(=O)Oc1cccc(NC(=O)Nc2ncccn2)c1. The van der Waals surface area contributed by atoms with Gasteiger partial charge in [-0.25, -0.2) is 14.8 Å². The van der Waals surface area contributed by atoms with Crippen LogP contribution >= 0.6 is 0 Å². The Morgan fingerprint density at radius 3 is 2.55 bits per heavy atom. The minimum absolute atomic E-state index is 0.196. The summed E-state index contributed by atoms with van der Waals surface area (Å²) in [5, 5.41) is 5.05. The van der Waals surface area contributed by atoms with Gasteiger partial charge in [-0.1, -0.05) is 6.07 Å². The van der Waals surface area contributed by atoms with Crippen LogP contribution in [0.1, 0.15) is 6.92 Å². The van der Waals surface area contributed by atoms with E-state index in [-0.39, 0.29) is 5.95 Å². The second-order valence-electron chi connectivity index (χ2n) is 3.77. The molecule has 0 atom stereocenters. The monoisotopic (exact) mass is 272 g/mol. The first-order valence-corrected chi connectivity index (χ1v) is 5.77. The molecule has 7 nitrogen and oxygen atoms in total. The number of nitrogens with one attached hydrogen (secondary N) is 2. The molecule has 0 bridgehead atoms. The van der Waals surface area contributed by atoms with E-state index in [0.717, 1.165) is 0 Å². The summed E-state index contributed by atoms with van der Waals surface area (Å²) < 4.78 is 4.92. The standard InChI is InChI=1S/C13H12N4O3/c1-9(18)20-11-5-2-4-10(8-11)16-13(19)17-12-14-6-3-7-15-12/h2-8H,1H3,(H2,14,15,16,17,19). The lowest BCUT2D eigenvalue weighted by Crippen LogP contribution is -2.20. The Bertz CT molecular complexity index is 616. The smallest absolute Gasteiger partial charge is 0.326 e. The molecule has 0 fully saturated rings. The van der Waals surface area contributed by atoms with Gasteiger partial charge in [0.2, 0.25) is 5.95 Å². The van der Waals surface area contributed by atoms with Crippen molar-refractivity contribution in [3.63, 3.8) is 0 Å². The van der Waals surface area contributed by atoms with Crippen LogP contribution in [0.4, 0.5) is 16.4 Å². The molecule has 0 spiro atoms. The average molecular weight is 272 g/mol. The van der Waals surface area contributed by atoms with Gasteiger partial charge < -0.3 is 10.1 Å². The van der Waals surface area contributed by atoms with Crippen LogP contribution in [0.25, 0.3) is 0 Å². The topological polar surface area (TPSA) is 93.2 Å². The number of amides is 2. The molecule has 2 aromatic rings. The molecule has 20 heavy (non-hydrogen) atoms. The highest BCUT2D eigenvalue weighted by atomic mass is 16.5. The number of anilines is 2. The third-order valence-corrected chi connectivity index (χ3v) is 2.14. The van der Waals surface area contributed by atoms with Crippen LogP contribution in [-0.2, 0) is 4.79 Å². The van der Waals surface area contributed by atoms with E-state index < -0.39 is 12.0 Å². The molecule has 0 aliphatic rings. The van der Waals surface area contributed by atoms with Gasteiger partial charge in [-0.2, -0.15) is 0 Å². The first kappa shape index (κ1) is 13.5. The van der Waals surface area contributed by atoms with Crippen molar-refractivity contribution in [1.29, 1.82) is 0 Å². The second-order valence-corrected chi connectivity index (χ2v) is 3.77. The molecular formula is C13H12N4O3. The van der Waals surface area contributed by atoms with Crippen molar-refractivity contribution in [3.05, 3.63) is 42.7 Å². The Morgan fingerprint density at radius 1 is 1.10 bits per heavy atom. The van der Waals surface area contributed by atoms with Crippen molar-refractivity contribution in [1.82, 2.24) is 9.97 Å². The van der Waals surface area contributed by atoms with E-state index >= 15 is 0 Å². The number of ether oxygens (including phenoxy) is 1. The summed E-state index contributed by atoms with van der Waals surface area (Å²) >= 11 is 0. The van der Waals surface area contributed by atoms with Crippen LogP contribution in [0, 0.1) is 0 Å². The fraction of sp³-hybridized carbons (Fsp3) is 0.0769. The number of carbonyl (C=O) groups excluding carboxylic acids is 2. The third kappa shape index (κ3) is 4.05. The first-order valence-electron chi connectivity index (χ1n) is 5.77. The predicted octanol–water partition coefficient (Wildman–Crippen LogP) is 2.05. The van der Waals surface area contributed by atoms with Gasteiger partial charge in [0.15, 0.2) is 0 Å². The molecule has 2 rings (SSSR count). The molecule has 1 aromatic carbocycles. The summed E-state index contributed by atoms with van der Waals surface area (Å²) in [5.41, 5.74) is 0.484. The zero-order valence-electron chi connectivity index (χ0n) is 10.7. The molecule has 0 radical (unpaired) electrons. The van der Waals surface area contributed by atoms with Crippen LogP contribution in [0.2, 0.25) is 0 Å². The number of nitrogens with zero attached hydrogens (tertiary/aromatic N) is 2. The fourth-order valence-electron chi connectivity index (χ4n) is 1.43.